The van der Waals surface area contributed by atoms with Crippen LogP contribution in [-0.2, 0) is 19.2 Å². The van der Waals surface area contributed by atoms with Crippen LogP contribution in [-0.4, -0.2) is 47.3 Å². The number of alkyl halides is 1. The van der Waals surface area contributed by atoms with Gasteiger partial charge in [0.2, 0.25) is 5.91 Å². The topological polar surface area (TPSA) is 130 Å². The van der Waals surface area contributed by atoms with Gasteiger partial charge >= 0.3 is 5.97 Å². The predicted molar refractivity (Wildman–Crippen MR) is 218 cm³/mol. The summed E-state index contributed by atoms with van der Waals surface area (Å²) >= 11 is 5.93. The summed E-state index contributed by atoms with van der Waals surface area (Å²) in [5.74, 6) is -0.0201. The van der Waals surface area contributed by atoms with Crippen LogP contribution < -0.4 is 10.6 Å². The van der Waals surface area contributed by atoms with Crippen LogP contribution >= 0.6 is 11.6 Å². The molecule has 1 aromatic carbocycles. The second kappa shape index (κ2) is 15.2. The minimum atomic E-state index is -1.77. The Balaban J connectivity index is 1.05. The number of hydrogen-bond donors (Lipinski definition) is 3. The highest BCUT2D eigenvalue weighted by Gasteiger charge is 2.66. The molecule has 6 aliphatic carbocycles. The van der Waals surface area contributed by atoms with Gasteiger partial charge in [0.1, 0.15) is 5.78 Å². The number of ketones is 2. The highest BCUT2D eigenvalue weighted by molar-refractivity contribution is 6.30. The number of benzene rings is 1. The minimum Gasteiger partial charge on any atom is -0.481 e. The van der Waals surface area contributed by atoms with E-state index in [1.54, 1.807) is 24.3 Å². The zero-order valence-electron chi connectivity index (χ0n) is 35.0. The van der Waals surface area contributed by atoms with Crippen molar-refractivity contribution in [3.8, 4) is 0 Å². The molecule has 3 N–H and O–H groups in total. The fraction of sp³-hybridized carbons (Fsp3) is 0.723. The number of fused-ring (bicyclic) bond motifs is 7. The summed E-state index contributed by atoms with van der Waals surface area (Å²) in [5, 5.41) is 15.1. The molecule has 5 fully saturated rings. The van der Waals surface area contributed by atoms with Crippen molar-refractivity contribution in [2.45, 2.75) is 132 Å². The number of hydrogen-bond acceptors (Lipinski definition) is 5. The summed E-state index contributed by atoms with van der Waals surface area (Å²) in [6.07, 6.45) is 7.58. The molecule has 12 unspecified atom stereocenters. The molecule has 0 saturated heterocycles. The number of Topliss-reactive ketones (excluding diaryl/α,β-unsaturated/α-hetero) is 2. The lowest BCUT2D eigenvalue weighted by Crippen LogP contribution is -2.62. The van der Waals surface area contributed by atoms with Gasteiger partial charge in [-0.25, -0.2) is 4.39 Å². The van der Waals surface area contributed by atoms with Gasteiger partial charge in [0.05, 0.1) is 12.5 Å². The Kier molecular flexibility index (Phi) is 11.2. The van der Waals surface area contributed by atoms with Gasteiger partial charge in [0.25, 0.3) is 5.91 Å². The molecule has 12 atom stereocenters. The zero-order chi connectivity index (χ0) is 41.4. The van der Waals surface area contributed by atoms with E-state index in [-0.39, 0.29) is 70.4 Å². The van der Waals surface area contributed by atoms with Crippen molar-refractivity contribution >= 4 is 41.0 Å². The van der Waals surface area contributed by atoms with E-state index in [1.165, 1.54) is 5.57 Å². The SMILES string of the molecule is CC(C)C1=C2C3CCC4C(C)(CCC5C(C)(C)C(CC(=O)C6CC(C(=O)O)C6C)CCC54C)C3CCC2(CC(=O)NC(F)CNC(=O)c2ccc(Cl)cc2)CC1=O. The molecule has 0 aromatic heterocycles. The number of carboxylic acid groups (broad SMARTS) is 1. The molecule has 0 heterocycles. The van der Waals surface area contributed by atoms with Crippen LogP contribution in [0.15, 0.2) is 35.4 Å². The summed E-state index contributed by atoms with van der Waals surface area (Å²) in [7, 11) is 0. The first-order chi connectivity index (χ1) is 26.7. The van der Waals surface area contributed by atoms with Crippen LogP contribution in [0.25, 0.3) is 0 Å². The van der Waals surface area contributed by atoms with E-state index >= 15 is 4.39 Å². The third-order valence-electron chi connectivity index (χ3n) is 17.3. The summed E-state index contributed by atoms with van der Waals surface area (Å²) in [4.78, 5) is 65.3. The number of halogens is 2. The number of rotatable bonds is 11. The van der Waals surface area contributed by atoms with Crippen LogP contribution in [0.4, 0.5) is 4.39 Å². The fourth-order valence-corrected chi connectivity index (χ4v) is 14.6. The Labute approximate surface area is 343 Å². The van der Waals surface area contributed by atoms with Crippen LogP contribution in [0.1, 0.15) is 136 Å². The second-order valence-corrected chi connectivity index (χ2v) is 21.1. The number of amides is 2. The lowest BCUT2D eigenvalue weighted by atomic mass is 9.35. The molecular weight excluding hydrogens is 743 g/mol. The van der Waals surface area contributed by atoms with Crippen molar-refractivity contribution in [1.82, 2.24) is 10.6 Å². The maximum absolute atomic E-state index is 15.2. The number of carboxylic acids is 1. The Morgan fingerprint density at radius 3 is 2.25 bits per heavy atom. The molecular formula is C47H64ClFN2O6. The Morgan fingerprint density at radius 1 is 0.912 bits per heavy atom. The molecule has 5 saturated carbocycles. The van der Waals surface area contributed by atoms with Crippen molar-refractivity contribution in [1.29, 1.82) is 0 Å². The van der Waals surface area contributed by atoms with E-state index in [2.05, 4.69) is 52.2 Å². The largest absolute Gasteiger partial charge is 0.481 e. The molecule has 0 bridgehead atoms. The van der Waals surface area contributed by atoms with Gasteiger partial charge in [0.15, 0.2) is 12.1 Å². The monoisotopic (exact) mass is 806 g/mol. The van der Waals surface area contributed by atoms with Crippen LogP contribution in [0.3, 0.4) is 0 Å². The highest BCUT2D eigenvalue weighted by atomic mass is 35.5. The molecule has 0 radical (unpaired) electrons. The van der Waals surface area contributed by atoms with Gasteiger partial charge in [-0.05, 0) is 145 Å². The number of nitrogens with one attached hydrogen (secondary N) is 2. The van der Waals surface area contributed by atoms with E-state index in [1.807, 2.05) is 6.92 Å². The number of carbonyl (C=O) groups excluding carboxylic acids is 4. The van der Waals surface area contributed by atoms with E-state index in [0.717, 1.165) is 56.9 Å². The van der Waals surface area contributed by atoms with Crippen LogP contribution in [0.2, 0.25) is 5.02 Å². The van der Waals surface area contributed by atoms with E-state index in [0.29, 0.717) is 47.6 Å². The fourth-order valence-electron chi connectivity index (χ4n) is 14.5. The summed E-state index contributed by atoms with van der Waals surface area (Å²) in [5.41, 5.74) is 1.98. The lowest BCUT2D eigenvalue weighted by molar-refractivity contribution is -0.193. The summed E-state index contributed by atoms with van der Waals surface area (Å²) in [6, 6.07) is 6.30. The first-order valence-corrected chi connectivity index (χ1v) is 22.1. The van der Waals surface area contributed by atoms with Gasteiger partial charge in [-0.1, -0.05) is 65.6 Å². The van der Waals surface area contributed by atoms with E-state index in [4.69, 9.17) is 11.6 Å². The summed E-state index contributed by atoms with van der Waals surface area (Å²) < 4.78 is 15.2. The Morgan fingerprint density at radius 2 is 1.60 bits per heavy atom. The van der Waals surface area contributed by atoms with Crippen molar-refractivity contribution in [3.05, 3.63) is 46.0 Å². The third-order valence-corrected chi connectivity index (χ3v) is 17.6. The normalized spacial score (nSPS) is 38.5. The number of allylic oxidation sites excluding steroid dienone is 2. The van der Waals surface area contributed by atoms with Crippen molar-refractivity contribution in [3.63, 3.8) is 0 Å². The second-order valence-electron chi connectivity index (χ2n) is 20.6. The molecule has 8 nitrogen and oxygen atoms in total. The summed E-state index contributed by atoms with van der Waals surface area (Å²) in [6.45, 7) is 15.6. The average molecular weight is 807 g/mol. The molecule has 10 heteroatoms. The first-order valence-electron chi connectivity index (χ1n) is 21.7. The lowest BCUT2D eigenvalue weighted by Gasteiger charge is -2.69. The smallest absolute Gasteiger partial charge is 0.306 e. The standard InChI is InChI=1S/C47H64ClFN2O6/c1-25(2)40-35(53)22-47(23-39(54)51-38(49)24-50-42(55)27-8-10-29(48)11-9-27)19-15-33-30(41(40)47)12-13-37-45(33,6)18-16-36-44(4,5)28(14-17-46(36,37)7)20-34(52)31-21-32(26(31)3)43(56)57/h8-11,25-26,28,30-33,36-38H,12-24H2,1-7H3,(H,50,55)(H,51,54)(H,56,57). The highest BCUT2D eigenvalue weighted by Crippen LogP contribution is 2.74. The Hall–Kier alpha value is -3.07. The van der Waals surface area contributed by atoms with Crippen molar-refractivity contribution < 1.29 is 33.5 Å². The van der Waals surface area contributed by atoms with E-state index < -0.39 is 35.4 Å². The Bertz CT molecular complexity index is 1840. The van der Waals surface area contributed by atoms with Gasteiger partial charge < -0.3 is 15.7 Å². The third kappa shape index (κ3) is 7.11. The predicted octanol–water partition coefficient (Wildman–Crippen LogP) is 9.39. The quantitative estimate of drug-likeness (QED) is 0.191. The van der Waals surface area contributed by atoms with Gasteiger partial charge in [-0.15, -0.1) is 0 Å². The first kappa shape index (κ1) is 42.1. The molecule has 7 rings (SSSR count). The average Bonchev–Trinajstić information content (AvgIpc) is 3.42. The minimum absolute atomic E-state index is 0.0206. The van der Waals surface area contributed by atoms with Crippen LogP contribution in [0, 0.1) is 74.9 Å². The maximum atomic E-state index is 15.2. The van der Waals surface area contributed by atoms with Crippen molar-refractivity contribution in [2.75, 3.05) is 6.54 Å². The number of carbonyl (C=O) groups is 5. The van der Waals surface area contributed by atoms with Crippen molar-refractivity contribution in [2.24, 2.45) is 74.9 Å². The van der Waals surface area contributed by atoms with Gasteiger partial charge in [-0.2, -0.15) is 0 Å². The number of aliphatic carboxylic acids is 1. The van der Waals surface area contributed by atoms with E-state index in [9.17, 15) is 29.1 Å². The van der Waals surface area contributed by atoms with Gasteiger partial charge in [-0.3, -0.25) is 24.0 Å². The zero-order valence-corrected chi connectivity index (χ0v) is 35.8. The molecule has 0 aliphatic heterocycles. The molecule has 2 amide bonds. The molecule has 6 aliphatic rings. The van der Waals surface area contributed by atoms with Gasteiger partial charge in [0, 0.05) is 41.2 Å². The molecule has 57 heavy (non-hydrogen) atoms. The molecule has 1 aromatic rings. The van der Waals surface area contributed by atoms with Crippen LogP contribution in [0.5, 0.6) is 0 Å². The molecule has 0 spiro atoms. The molecule has 312 valence electrons. The maximum Gasteiger partial charge on any atom is 0.306 e.